The summed E-state index contributed by atoms with van der Waals surface area (Å²) in [6.45, 7) is 0. The van der Waals surface area contributed by atoms with E-state index in [2.05, 4.69) is 4.98 Å². The lowest BCUT2D eigenvalue weighted by atomic mass is 10.1. The number of nitrogens with zero attached hydrogens (tertiary/aromatic N) is 1. The number of rotatable bonds is 4. The summed E-state index contributed by atoms with van der Waals surface area (Å²) in [7, 11) is -2.30. The van der Waals surface area contributed by atoms with Crippen molar-refractivity contribution in [2.45, 2.75) is 4.90 Å². The van der Waals surface area contributed by atoms with Crippen molar-refractivity contribution in [1.29, 1.82) is 5.26 Å². The number of hydrogen-bond acceptors (Lipinski definition) is 4. The number of aromatic nitrogens is 1. The second-order valence-corrected chi connectivity index (χ2v) is 7.01. The van der Waals surface area contributed by atoms with Gasteiger partial charge in [-0.05, 0) is 36.4 Å². The number of allylic oxidation sites excluding steroid dienone is 1. The third-order valence-electron chi connectivity index (χ3n) is 3.66. The molecule has 1 N–H and O–H groups in total. The Morgan fingerprint density at radius 2 is 1.96 bits per heavy atom. The fraction of sp³-hybridized carbons (Fsp3) is 0.0556. The van der Waals surface area contributed by atoms with Gasteiger partial charge in [0.2, 0.25) is 9.84 Å². The topological polar surface area (TPSA) is 82.9 Å². The van der Waals surface area contributed by atoms with Crippen molar-refractivity contribution < 1.29 is 13.2 Å². The molecule has 0 saturated carbocycles. The van der Waals surface area contributed by atoms with E-state index in [4.69, 9.17) is 4.74 Å². The lowest BCUT2D eigenvalue weighted by Gasteiger charge is -2.03. The van der Waals surface area contributed by atoms with E-state index in [0.29, 0.717) is 11.3 Å². The maximum absolute atomic E-state index is 12.6. The first kappa shape index (κ1) is 15.8. The molecular formula is C18H14N2O3S. The summed E-state index contributed by atoms with van der Waals surface area (Å²) < 4.78 is 30.4. The van der Waals surface area contributed by atoms with Gasteiger partial charge in [-0.15, -0.1) is 0 Å². The summed E-state index contributed by atoms with van der Waals surface area (Å²) in [5.41, 5.74) is 1.44. The van der Waals surface area contributed by atoms with Crippen LogP contribution in [-0.4, -0.2) is 20.5 Å². The molecule has 5 nitrogen and oxygen atoms in total. The van der Waals surface area contributed by atoms with E-state index in [0.717, 1.165) is 10.9 Å². The Hall–Kier alpha value is -3.04. The van der Waals surface area contributed by atoms with Crippen LogP contribution in [0.1, 0.15) is 5.56 Å². The van der Waals surface area contributed by atoms with Crippen molar-refractivity contribution in [2.24, 2.45) is 0 Å². The Morgan fingerprint density at radius 1 is 1.21 bits per heavy atom. The highest BCUT2D eigenvalue weighted by Crippen LogP contribution is 2.27. The van der Waals surface area contributed by atoms with Gasteiger partial charge in [-0.2, -0.15) is 5.26 Å². The van der Waals surface area contributed by atoms with E-state index >= 15 is 0 Å². The minimum Gasteiger partial charge on any atom is -0.497 e. The molecule has 3 aromatic rings. The standard InChI is InChI=1S/C18H14N2O3S/c1-23-14-7-8-18-17(10-14)13(12-20-18)9-16(11-19)24(21,22)15-5-3-2-4-6-15/h2-10,12,20H,1H3/b16-9-. The molecule has 0 unspecified atom stereocenters. The Labute approximate surface area is 139 Å². The molecule has 0 bridgehead atoms. The maximum Gasteiger partial charge on any atom is 0.216 e. The number of nitriles is 1. The van der Waals surface area contributed by atoms with E-state index in [1.165, 1.54) is 18.2 Å². The second kappa shape index (κ2) is 6.22. The molecule has 0 radical (unpaired) electrons. The summed E-state index contributed by atoms with van der Waals surface area (Å²) in [5, 5.41) is 10.1. The monoisotopic (exact) mass is 338 g/mol. The molecule has 0 spiro atoms. The van der Waals surface area contributed by atoms with Crippen LogP contribution >= 0.6 is 0 Å². The molecule has 120 valence electrons. The van der Waals surface area contributed by atoms with Crippen molar-refractivity contribution >= 4 is 26.8 Å². The number of ether oxygens (including phenoxy) is 1. The molecule has 1 aromatic heterocycles. The average Bonchev–Trinajstić information content (AvgIpc) is 3.02. The predicted molar refractivity (Wildman–Crippen MR) is 92.1 cm³/mol. The van der Waals surface area contributed by atoms with Crippen LogP contribution in [0.5, 0.6) is 5.75 Å². The Kier molecular flexibility index (Phi) is 4.11. The van der Waals surface area contributed by atoms with Gasteiger partial charge in [0.1, 0.15) is 16.7 Å². The quantitative estimate of drug-likeness (QED) is 0.738. The minimum absolute atomic E-state index is 0.0928. The van der Waals surface area contributed by atoms with E-state index in [1.807, 2.05) is 6.07 Å². The molecule has 6 heteroatoms. The van der Waals surface area contributed by atoms with E-state index in [9.17, 15) is 13.7 Å². The fourth-order valence-electron chi connectivity index (χ4n) is 2.41. The van der Waals surface area contributed by atoms with Crippen molar-refractivity contribution in [1.82, 2.24) is 4.98 Å². The molecular weight excluding hydrogens is 324 g/mol. The van der Waals surface area contributed by atoms with Gasteiger partial charge in [0.05, 0.1) is 12.0 Å². The number of sulfone groups is 1. The van der Waals surface area contributed by atoms with Crippen LogP contribution in [0.2, 0.25) is 0 Å². The highest BCUT2D eigenvalue weighted by molar-refractivity contribution is 7.95. The minimum atomic E-state index is -3.86. The second-order valence-electron chi connectivity index (χ2n) is 5.09. The largest absolute Gasteiger partial charge is 0.497 e. The molecule has 24 heavy (non-hydrogen) atoms. The van der Waals surface area contributed by atoms with Crippen LogP contribution in [0, 0.1) is 11.3 Å². The number of fused-ring (bicyclic) bond motifs is 1. The SMILES string of the molecule is COc1ccc2[nH]cc(/C=C(/C#N)S(=O)(=O)c3ccccc3)c2c1. The highest BCUT2D eigenvalue weighted by Gasteiger charge is 2.21. The molecule has 1 heterocycles. The number of nitrogens with one attached hydrogen (secondary N) is 1. The number of benzene rings is 2. The van der Waals surface area contributed by atoms with Crippen LogP contribution in [0.15, 0.2) is 64.5 Å². The summed E-state index contributed by atoms with van der Waals surface area (Å²) in [6.07, 6.45) is 3.04. The van der Waals surface area contributed by atoms with E-state index in [-0.39, 0.29) is 9.80 Å². The van der Waals surface area contributed by atoms with Gasteiger partial charge < -0.3 is 9.72 Å². The van der Waals surface area contributed by atoms with Crippen molar-refractivity contribution in [3.63, 3.8) is 0 Å². The molecule has 3 rings (SSSR count). The average molecular weight is 338 g/mol. The summed E-state index contributed by atoms with van der Waals surface area (Å²) in [4.78, 5) is 2.84. The maximum atomic E-state index is 12.6. The third kappa shape index (κ3) is 2.77. The van der Waals surface area contributed by atoms with Crippen LogP contribution < -0.4 is 4.74 Å². The fourth-order valence-corrected chi connectivity index (χ4v) is 3.58. The van der Waals surface area contributed by atoms with E-state index < -0.39 is 9.84 Å². The lowest BCUT2D eigenvalue weighted by molar-refractivity contribution is 0.415. The molecule has 0 aliphatic rings. The number of hydrogen-bond donors (Lipinski definition) is 1. The molecule has 0 atom stereocenters. The van der Waals surface area contributed by atoms with Gasteiger partial charge in [0.15, 0.2) is 0 Å². The van der Waals surface area contributed by atoms with Crippen LogP contribution in [0.25, 0.3) is 17.0 Å². The molecule has 0 aliphatic carbocycles. The van der Waals surface area contributed by atoms with Gasteiger partial charge in [-0.1, -0.05) is 18.2 Å². The van der Waals surface area contributed by atoms with Crippen LogP contribution in [0.3, 0.4) is 0 Å². The number of aromatic amines is 1. The molecule has 0 saturated heterocycles. The van der Waals surface area contributed by atoms with Gasteiger partial charge >= 0.3 is 0 Å². The van der Waals surface area contributed by atoms with Gasteiger partial charge in [0.25, 0.3) is 0 Å². The molecule has 2 aromatic carbocycles. The first-order chi connectivity index (χ1) is 11.6. The predicted octanol–water partition coefficient (Wildman–Crippen LogP) is 3.51. The smallest absolute Gasteiger partial charge is 0.216 e. The third-order valence-corrected chi connectivity index (χ3v) is 5.34. The first-order valence-electron chi connectivity index (χ1n) is 7.13. The zero-order valence-electron chi connectivity index (χ0n) is 12.9. The zero-order chi connectivity index (χ0) is 17.2. The normalized spacial score (nSPS) is 12.1. The lowest BCUT2D eigenvalue weighted by Crippen LogP contribution is -2.03. The zero-order valence-corrected chi connectivity index (χ0v) is 13.7. The van der Waals surface area contributed by atoms with Crippen LogP contribution in [0.4, 0.5) is 0 Å². The van der Waals surface area contributed by atoms with Crippen LogP contribution in [-0.2, 0) is 9.84 Å². The molecule has 0 fully saturated rings. The van der Waals surface area contributed by atoms with Gasteiger partial charge in [-0.3, -0.25) is 0 Å². The number of methoxy groups -OCH3 is 1. The molecule has 0 aliphatic heterocycles. The first-order valence-corrected chi connectivity index (χ1v) is 8.61. The van der Waals surface area contributed by atoms with E-state index in [1.54, 1.807) is 49.7 Å². The molecule has 0 amide bonds. The number of H-pyrrole nitrogens is 1. The van der Waals surface area contributed by atoms with Crippen molar-refractivity contribution in [2.75, 3.05) is 7.11 Å². The Balaban J connectivity index is 2.14. The van der Waals surface area contributed by atoms with Crippen molar-refractivity contribution in [3.8, 4) is 11.8 Å². The Bertz CT molecular complexity index is 1060. The summed E-state index contributed by atoms with van der Waals surface area (Å²) in [5.74, 6) is 0.654. The highest BCUT2D eigenvalue weighted by atomic mass is 32.2. The van der Waals surface area contributed by atoms with Gasteiger partial charge in [0, 0.05) is 22.7 Å². The summed E-state index contributed by atoms with van der Waals surface area (Å²) >= 11 is 0. The van der Waals surface area contributed by atoms with Gasteiger partial charge in [-0.25, -0.2) is 8.42 Å². The Morgan fingerprint density at radius 3 is 2.62 bits per heavy atom. The summed E-state index contributed by atoms with van der Waals surface area (Å²) in [6, 6.07) is 15.1. The van der Waals surface area contributed by atoms with Crippen molar-refractivity contribution in [3.05, 3.63) is 65.2 Å².